The van der Waals surface area contributed by atoms with Crippen LogP contribution in [-0.2, 0) is 6.54 Å². The molecule has 7 heteroatoms. The minimum Gasteiger partial charge on any atom is -0.493 e. The molecule has 1 N–H and O–H groups in total. The predicted molar refractivity (Wildman–Crippen MR) is 96.8 cm³/mol. The maximum Gasteiger partial charge on any atom is 0.255 e. The lowest BCUT2D eigenvalue weighted by molar-refractivity contribution is 0.0946. The van der Waals surface area contributed by atoms with Crippen LogP contribution in [-0.4, -0.2) is 24.5 Å². The molecule has 0 bridgehead atoms. The van der Waals surface area contributed by atoms with Crippen LogP contribution >= 0.6 is 0 Å². The lowest BCUT2D eigenvalue weighted by atomic mass is 10.1. The fourth-order valence-corrected chi connectivity index (χ4v) is 2.78. The number of benzene rings is 2. The van der Waals surface area contributed by atoms with Gasteiger partial charge in [0.25, 0.3) is 5.91 Å². The minimum atomic E-state index is -0.230. The molecule has 3 aromatic rings. The van der Waals surface area contributed by atoms with Gasteiger partial charge in [0.2, 0.25) is 6.79 Å². The average Bonchev–Trinajstić information content (AvgIpc) is 3.35. The Labute approximate surface area is 155 Å². The number of nitrogens with zero attached hydrogens (tertiary/aromatic N) is 1. The molecule has 2 heterocycles. The minimum absolute atomic E-state index is 0.218. The standard InChI is InChI=1S/C20H18N2O5/c1-2-24-16-6-4-3-5-15(16)20(23)21-11-14-10-18(27-22-14)13-7-8-17-19(9-13)26-12-25-17/h3-10H,2,11-12H2,1H3,(H,21,23). The third-order valence-electron chi connectivity index (χ3n) is 4.08. The van der Waals surface area contributed by atoms with Gasteiger partial charge in [0.15, 0.2) is 17.3 Å². The van der Waals surface area contributed by atoms with E-state index in [-0.39, 0.29) is 19.2 Å². The van der Waals surface area contributed by atoms with Crippen molar-refractivity contribution in [1.82, 2.24) is 10.5 Å². The van der Waals surface area contributed by atoms with Crippen LogP contribution in [0.2, 0.25) is 0 Å². The molecule has 0 aliphatic carbocycles. The summed E-state index contributed by atoms with van der Waals surface area (Å²) in [6, 6.07) is 14.4. The van der Waals surface area contributed by atoms with E-state index >= 15 is 0 Å². The molecule has 2 aromatic carbocycles. The third kappa shape index (κ3) is 3.57. The van der Waals surface area contributed by atoms with Gasteiger partial charge in [0, 0.05) is 11.6 Å². The number of ether oxygens (including phenoxy) is 3. The normalized spacial score (nSPS) is 12.0. The summed E-state index contributed by atoms with van der Waals surface area (Å²) < 4.78 is 21.6. The van der Waals surface area contributed by atoms with Gasteiger partial charge in [0.05, 0.1) is 18.7 Å². The van der Waals surface area contributed by atoms with Crippen LogP contribution in [0, 0.1) is 0 Å². The number of para-hydroxylation sites is 1. The Kier molecular flexibility index (Phi) is 4.65. The highest BCUT2D eigenvalue weighted by atomic mass is 16.7. The van der Waals surface area contributed by atoms with Crippen molar-refractivity contribution in [2.45, 2.75) is 13.5 Å². The number of aromatic nitrogens is 1. The van der Waals surface area contributed by atoms with E-state index in [9.17, 15) is 4.79 Å². The van der Waals surface area contributed by atoms with E-state index in [1.54, 1.807) is 24.3 Å². The number of rotatable bonds is 6. The summed E-state index contributed by atoms with van der Waals surface area (Å²) in [6.07, 6.45) is 0. The molecule has 138 valence electrons. The summed E-state index contributed by atoms with van der Waals surface area (Å²) in [4.78, 5) is 12.4. The molecule has 0 saturated heterocycles. The summed E-state index contributed by atoms with van der Waals surface area (Å²) in [6.45, 7) is 2.83. The van der Waals surface area contributed by atoms with E-state index in [2.05, 4.69) is 10.5 Å². The van der Waals surface area contributed by atoms with Crippen LogP contribution in [0.15, 0.2) is 53.1 Å². The largest absolute Gasteiger partial charge is 0.493 e. The Bertz CT molecular complexity index is 967. The van der Waals surface area contributed by atoms with Crippen LogP contribution in [0.1, 0.15) is 23.0 Å². The summed E-state index contributed by atoms with van der Waals surface area (Å²) in [5, 5.41) is 6.85. The van der Waals surface area contributed by atoms with Crippen molar-refractivity contribution in [2.75, 3.05) is 13.4 Å². The van der Waals surface area contributed by atoms with Gasteiger partial charge in [-0.3, -0.25) is 4.79 Å². The van der Waals surface area contributed by atoms with E-state index in [0.717, 1.165) is 5.56 Å². The zero-order valence-corrected chi connectivity index (χ0v) is 14.7. The van der Waals surface area contributed by atoms with Crippen LogP contribution < -0.4 is 19.5 Å². The number of carbonyl (C=O) groups excluding carboxylic acids is 1. The van der Waals surface area contributed by atoms with Gasteiger partial charge in [0.1, 0.15) is 11.4 Å². The SMILES string of the molecule is CCOc1ccccc1C(=O)NCc1cc(-c2ccc3c(c2)OCO3)on1. The molecule has 0 saturated carbocycles. The first-order chi connectivity index (χ1) is 13.2. The Morgan fingerprint density at radius 3 is 2.89 bits per heavy atom. The summed E-state index contributed by atoms with van der Waals surface area (Å²) >= 11 is 0. The number of amides is 1. The molecule has 0 unspecified atom stereocenters. The van der Waals surface area contributed by atoms with Gasteiger partial charge >= 0.3 is 0 Å². The maximum atomic E-state index is 12.4. The monoisotopic (exact) mass is 366 g/mol. The number of hydrogen-bond acceptors (Lipinski definition) is 6. The molecule has 1 amide bonds. The first-order valence-corrected chi connectivity index (χ1v) is 8.60. The average molecular weight is 366 g/mol. The predicted octanol–water partition coefficient (Wildman–Crippen LogP) is 3.40. The third-order valence-corrected chi connectivity index (χ3v) is 4.08. The number of nitrogens with one attached hydrogen (secondary N) is 1. The molecule has 1 aliphatic heterocycles. The molecule has 0 radical (unpaired) electrons. The fraction of sp³-hybridized carbons (Fsp3) is 0.200. The van der Waals surface area contributed by atoms with Gasteiger partial charge in [-0.25, -0.2) is 0 Å². The Hall–Kier alpha value is -3.48. The molecule has 0 fully saturated rings. The summed E-state index contributed by atoms with van der Waals surface area (Å²) in [7, 11) is 0. The smallest absolute Gasteiger partial charge is 0.255 e. The number of hydrogen-bond donors (Lipinski definition) is 1. The summed E-state index contributed by atoms with van der Waals surface area (Å²) in [5.74, 6) is 2.29. The van der Waals surface area contributed by atoms with Gasteiger partial charge < -0.3 is 24.1 Å². The van der Waals surface area contributed by atoms with Gasteiger partial charge in [-0.2, -0.15) is 0 Å². The maximum absolute atomic E-state index is 12.4. The van der Waals surface area contributed by atoms with Crippen LogP contribution in [0.3, 0.4) is 0 Å². The second-order valence-electron chi connectivity index (χ2n) is 5.86. The molecule has 4 rings (SSSR count). The molecule has 1 aliphatic rings. The van der Waals surface area contributed by atoms with E-state index < -0.39 is 0 Å². The zero-order chi connectivity index (χ0) is 18.6. The van der Waals surface area contributed by atoms with Crippen molar-refractivity contribution >= 4 is 5.91 Å². The first kappa shape index (κ1) is 17.0. The molecular formula is C20H18N2O5. The molecule has 0 spiro atoms. The van der Waals surface area contributed by atoms with Gasteiger partial charge in [-0.05, 0) is 37.3 Å². The van der Waals surface area contributed by atoms with E-state index in [1.807, 2.05) is 31.2 Å². The highest BCUT2D eigenvalue weighted by Gasteiger charge is 2.17. The summed E-state index contributed by atoms with van der Waals surface area (Å²) in [5.41, 5.74) is 1.93. The molecule has 1 aromatic heterocycles. The Balaban J connectivity index is 1.43. The van der Waals surface area contributed by atoms with Gasteiger partial charge in [-0.1, -0.05) is 17.3 Å². The van der Waals surface area contributed by atoms with Crippen LogP contribution in [0.4, 0.5) is 0 Å². The van der Waals surface area contributed by atoms with E-state index in [4.69, 9.17) is 18.7 Å². The molecular weight excluding hydrogens is 348 g/mol. The zero-order valence-electron chi connectivity index (χ0n) is 14.7. The van der Waals surface area contributed by atoms with E-state index in [1.165, 1.54) is 0 Å². The Morgan fingerprint density at radius 1 is 1.15 bits per heavy atom. The molecule has 0 atom stereocenters. The van der Waals surface area contributed by atoms with Crippen molar-refractivity contribution in [3.05, 3.63) is 59.8 Å². The second-order valence-corrected chi connectivity index (χ2v) is 5.86. The van der Waals surface area contributed by atoms with Gasteiger partial charge in [-0.15, -0.1) is 0 Å². The van der Waals surface area contributed by atoms with Crippen LogP contribution in [0.5, 0.6) is 17.2 Å². The Morgan fingerprint density at radius 2 is 2.00 bits per heavy atom. The highest BCUT2D eigenvalue weighted by Crippen LogP contribution is 2.36. The first-order valence-electron chi connectivity index (χ1n) is 8.60. The fourth-order valence-electron chi connectivity index (χ4n) is 2.78. The second kappa shape index (κ2) is 7.41. The van der Waals surface area contributed by atoms with Crippen LogP contribution in [0.25, 0.3) is 11.3 Å². The van der Waals surface area contributed by atoms with E-state index in [0.29, 0.717) is 40.9 Å². The van der Waals surface area contributed by atoms with Crippen molar-refractivity contribution in [3.8, 4) is 28.6 Å². The van der Waals surface area contributed by atoms with Crippen molar-refractivity contribution in [2.24, 2.45) is 0 Å². The number of carbonyl (C=O) groups is 1. The quantitative estimate of drug-likeness (QED) is 0.720. The molecule has 7 nitrogen and oxygen atoms in total. The van der Waals surface area contributed by atoms with Crippen molar-refractivity contribution in [1.29, 1.82) is 0 Å². The molecule has 27 heavy (non-hydrogen) atoms. The topological polar surface area (TPSA) is 82.8 Å². The lowest BCUT2D eigenvalue weighted by Crippen LogP contribution is -2.23. The number of fused-ring (bicyclic) bond motifs is 1. The lowest BCUT2D eigenvalue weighted by Gasteiger charge is -2.09. The highest BCUT2D eigenvalue weighted by molar-refractivity contribution is 5.96. The van der Waals surface area contributed by atoms with Crippen molar-refractivity contribution < 1.29 is 23.5 Å². The van der Waals surface area contributed by atoms with Crippen molar-refractivity contribution in [3.63, 3.8) is 0 Å².